The maximum Gasteiger partial charge on any atom is 0.266 e. The van der Waals surface area contributed by atoms with Crippen LogP contribution >= 0.6 is 0 Å². The molecule has 2 rings (SSSR count). The van der Waals surface area contributed by atoms with E-state index in [1.165, 1.54) is 6.26 Å². The van der Waals surface area contributed by atoms with E-state index >= 15 is 0 Å². The lowest BCUT2D eigenvalue weighted by atomic mass is 10.0. The molecule has 1 amide bonds. The quantitative estimate of drug-likeness (QED) is 0.788. The van der Waals surface area contributed by atoms with Crippen molar-refractivity contribution in [3.05, 3.63) is 54.9 Å². The molecule has 0 aromatic carbocycles. The Bertz CT molecular complexity index is 569. The highest BCUT2D eigenvalue weighted by Crippen LogP contribution is 2.24. The van der Waals surface area contributed by atoms with E-state index in [0.29, 0.717) is 17.2 Å². The predicted octanol–water partition coefficient (Wildman–Crippen LogP) is 4.68. The molecule has 0 aliphatic carbocycles. The van der Waals surface area contributed by atoms with Gasteiger partial charge in [-0.05, 0) is 11.6 Å². The lowest BCUT2D eigenvalue weighted by Crippen LogP contribution is -2.33. The van der Waals surface area contributed by atoms with Gasteiger partial charge in [-0.2, -0.15) is 0 Å². The molecule has 5 heteroatoms. The van der Waals surface area contributed by atoms with Crippen molar-refractivity contribution >= 4 is 17.5 Å². The summed E-state index contributed by atoms with van der Waals surface area (Å²) in [6.45, 7) is 19.3. The number of hydrogen-bond acceptors (Lipinski definition) is 4. The van der Waals surface area contributed by atoms with Crippen LogP contribution in [0.5, 0.6) is 0 Å². The molecule has 2 heterocycles. The zero-order valence-electron chi connectivity index (χ0n) is 15.7. The van der Waals surface area contributed by atoms with Crippen molar-refractivity contribution in [1.29, 1.82) is 0 Å². The van der Waals surface area contributed by atoms with Gasteiger partial charge in [0.05, 0.1) is 17.5 Å². The minimum absolute atomic E-state index is 0.337. The lowest BCUT2D eigenvalue weighted by Gasteiger charge is -2.05. The first kappa shape index (κ1) is 23.9. The van der Waals surface area contributed by atoms with Gasteiger partial charge in [0.1, 0.15) is 0 Å². The highest BCUT2D eigenvalue weighted by molar-refractivity contribution is 6.19. The van der Waals surface area contributed by atoms with E-state index in [1.54, 1.807) is 24.3 Å². The molecule has 1 aliphatic heterocycles. The van der Waals surface area contributed by atoms with E-state index in [-0.39, 0.29) is 0 Å². The number of fused-ring (bicyclic) bond motifs is 1. The van der Waals surface area contributed by atoms with Gasteiger partial charge in [0, 0.05) is 0 Å². The van der Waals surface area contributed by atoms with Crippen LogP contribution in [0.15, 0.2) is 58.7 Å². The molecule has 3 N–H and O–H groups in total. The first-order chi connectivity index (χ1) is 11.7. The van der Waals surface area contributed by atoms with Gasteiger partial charge in [0.25, 0.3) is 5.91 Å². The Morgan fingerprint density at radius 1 is 1.25 bits per heavy atom. The molecule has 0 spiro atoms. The van der Waals surface area contributed by atoms with Crippen molar-refractivity contribution < 1.29 is 9.21 Å². The number of rotatable bonds is 3. The number of nitrogens with zero attached hydrogens (tertiary/aromatic N) is 1. The number of nitrogens with one attached hydrogen (secondary N) is 1. The fraction of sp³-hybridized carbons (Fsp3) is 0.368. The maximum atomic E-state index is 11.6. The average Bonchev–Trinajstić information content (AvgIpc) is 3.06. The molecule has 1 unspecified atom stereocenters. The average molecular weight is 333 g/mol. The molecule has 1 atom stereocenters. The standard InChI is InChI=1S/C13H13N3O2.3C2H6/c1-3-5-8(4-2)10-9-6-7-18-13(9)16-12(17)11(14)15-10;3*1-2/h3-7,11H,1-2,14H2,(H,16,17);3*1-2H3/b8-5+;;;. The van der Waals surface area contributed by atoms with Crippen molar-refractivity contribution in [2.24, 2.45) is 10.7 Å². The number of carbonyl (C=O) groups excluding carboxylic acids is 1. The number of nitrogens with two attached hydrogens (primary N) is 1. The molecule has 0 radical (unpaired) electrons. The number of aliphatic imine (C=N–C) groups is 1. The van der Waals surface area contributed by atoms with Crippen LogP contribution in [-0.4, -0.2) is 17.8 Å². The number of allylic oxidation sites excluding steroid dienone is 4. The SMILES string of the molecule is C=C/C=C(\C=C)C1=NC(N)C(=O)Nc2occc21.CC.CC.CC. The molecule has 0 bridgehead atoms. The molecule has 1 aliphatic rings. The highest BCUT2D eigenvalue weighted by Gasteiger charge is 2.25. The summed E-state index contributed by atoms with van der Waals surface area (Å²) in [4.78, 5) is 15.8. The Balaban J connectivity index is 0. The first-order valence-electron chi connectivity index (χ1n) is 8.35. The second-order valence-electron chi connectivity index (χ2n) is 3.64. The number of furan rings is 1. The Morgan fingerprint density at radius 2 is 1.83 bits per heavy atom. The summed E-state index contributed by atoms with van der Waals surface area (Å²) in [5.74, 6) is -0.0771. The number of carbonyl (C=O) groups is 1. The van der Waals surface area contributed by atoms with Gasteiger partial charge in [-0.3, -0.25) is 15.1 Å². The van der Waals surface area contributed by atoms with Gasteiger partial charge in [-0.15, -0.1) is 0 Å². The third kappa shape index (κ3) is 6.38. The highest BCUT2D eigenvalue weighted by atomic mass is 16.3. The van der Waals surface area contributed by atoms with Gasteiger partial charge >= 0.3 is 0 Å². The molecular formula is C19H31N3O2. The number of amides is 1. The monoisotopic (exact) mass is 333 g/mol. The summed E-state index contributed by atoms with van der Waals surface area (Å²) in [6, 6.07) is 1.72. The van der Waals surface area contributed by atoms with Crippen LogP contribution in [0.1, 0.15) is 47.1 Å². The second kappa shape index (κ2) is 14.2. The van der Waals surface area contributed by atoms with Crippen molar-refractivity contribution in [1.82, 2.24) is 0 Å². The molecule has 1 aromatic heterocycles. The van der Waals surface area contributed by atoms with Crippen LogP contribution in [-0.2, 0) is 4.79 Å². The van der Waals surface area contributed by atoms with E-state index < -0.39 is 12.1 Å². The van der Waals surface area contributed by atoms with E-state index in [4.69, 9.17) is 10.2 Å². The molecular weight excluding hydrogens is 302 g/mol. The van der Waals surface area contributed by atoms with Gasteiger partial charge in [-0.25, -0.2) is 0 Å². The maximum absolute atomic E-state index is 11.6. The Labute approximate surface area is 146 Å². The molecule has 5 nitrogen and oxygen atoms in total. The molecule has 0 fully saturated rings. The molecule has 0 saturated heterocycles. The summed E-state index contributed by atoms with van der Waals surface area (Å²) in [5.41, 5.74) is 7.61. The van der Waals surface area contributed by atoms with Gasteiger partial charge < -0.3 is 10.2 Å². The van der Waals surface area contributed by atoms with Crippen molar-refractivity contribution in [2.45, 2.75) is 47.7 Å². The zero-order valence-corrected chi connectivity index (χ0v) is 15.7. The van der Waals surface area contributed by atoms with E-state index in [0.717, 1.165) is 5.57 Å². The first-order valence-corrected chi connectivity index (χ1v) is 8.35. The van der Waals surface area contributed by atoms with Crippen LogP contribution in [0.25, 0.3) is 0 Å². The van der Waals surface area contributed by atoms with Crippen molar-refractivity contribution in [2.75, 3.05) is 5.32 Å². The summed E-state index contributed by atoms with van der Waals surface area (Å²) in [7, 11) is 0. The fourth-order valence-corrected chi connectivity index (χ4v) is 1.65. The Morgan fingerprint density at radius 3 is 2.33 bits per heavy atom. The van der Waals surface area contributed by atoms with Crippen LogP contribution in [0.3, 0.4) is 0 Å². The third-order valence-corrected chi connectivity index (χ3v) is 2.48. The smallest absolute Gasteiger partial charge is 0.266 e. The minimum atomic E-state index is -0.976. The van der Waals surface area contributed by atoms with Crippen LogP contribution in [0.2, 0.25) is 0 Å². The van der Waals surface area contributed by atoms with Crippen LogP contribution < -0.4 is 11.1 Å². The van der Waals surface area contributed by atoms with Crippen molar-refractivity contribution in [3.63, 3.8) is 0 Å². The van der Waals surface area contributed by atoms with Crippen LogP contribution in [0.4, 0.5) is 5.88 Å². The molecule has 24 heavy (non-hydrogen) atoms. The molecule has 0 saturated carbocycles. The molecule has 1 aromatic rings. The van der Waals surface area contributed by atoms with E-state index in [9.17, 15) is 4.79 Å². The zero-order chi connectivity index (χ0) is 19.1. The van der Waals surface area contributed by atoms with Gasteiger partial charge in [0.2, 0.25) is 5.88 Å². The Hall–Kier alpha value is -2.40. The van der Waals surface area contributed by atoms with Gasteiger partial charge in [0.15, 0.2) is 6.17 Å². The van der Waals surface area contributed by atoms with Gasteiger partial charge in [-0.1, -0.05) is 72.9 Å². The second-order valence-corrected chi connectivity index (χ2v) is 3.64. The lowest BCUT2D eigenvalue weighted by molar-refractivity contribution is -0.117. The summed E-state index contributed by atoms with van der Waals surface area (Å²) >= 11 is 0. The number of anilines is 1. The van der Waals surface area contributed by atoms with Crippen LogP contribution in [0, 0.1) is 0 Å². The summed E-state index contributed by atoms with van der Waals surface area (Å²) < 4.78 is 5.20. The topological polar surface area (TPSA) is 80.6 Å². The summed E-state index contributed by atoms with van der Waals surface area (Å²) in [5, 5.41) is 2.57. The van der Waals surface area contributed by atoms with Crippen molar-refractivity contribution in [3.8, 4) is 0 Å². The van der Waals surface area contributed by atoms with E-state index in [1.807, 2.05) is 41.5 Å². The molecule has 134 valence electrons. The predicted molar refractivity (Wildman–Crippen MR) is 104 cm³/mol. The summed E-state index contributed by atoms with van der Waals surface area (Å²) in [6.07, 6.45) is 5.48. The fourth-order valence-electron chi connectivity index (χ4n) is 1.65. The minimum Gasteiger partial charge on any atom is -0.448 e. The normalized spacial score (nSPS) is 15.3. The largest absolute Gasteiger partial charge is 0.448 e. The Kier molecular flexibility index (Phi) is 14.1. The number of hydrogen-bond donors (Lipinski definition) is 2. The third-order valence-electron chi connectivity index (χ3n) is 2.48. The van der Waals surface area contributed by atoms with E-state index in [2.05, 4.69) is 23.5 Å².